The smallest absolute Gasteiger partial charge is 0.212 e. The Labute approximate surface area is 111 Å². The lowest BCUT2D eigenvalue weighted by atomic mass is 10.7. The molecule has 0 aromatic carbocycles. The van der Waals surface area contributed by atoms with Crippen molar-refractivity contribution in [2.75, 3.05) is 18.1 Å². The molecule has 9 heteroatoms. The van der Waals surface area contributed by atoms with Gasteiger partial charge in [-0.3, -0.25) is 4.99 Å². The summed E-state index contributed by atoms with van der Waals surface area (Å²) in [5.74, 6) is 3.95. The van der Waals surface area contributed by atoms with Gasteiger partial charge in [0, 0.05) is 5.75 Å². The van der Waals surface area contributed by atoms with Crippen LogP contribution in [0.1, 0.15) is 5.82 Å². The number of thioether (sulfide) groups is 3. The summed E-state index contributed by atoms with van der Waals surface area (Å²) >= 11 is 5.04. The Bertz CT molecular complexity index is 493. The van der Waals surface area contributed by atoms with Crippen LogP contribution in [0.2, 0.25) is 0 Å². The van der Waals surface area contributed by atoms with Crippen LogP contribution in [0.4, 0.5) is 0 Å². The highest BCUT2D eigenvalue weighted by molar-refractivity contribution is 8.38. The van der Waals surface area contributed by atoms with Gasteiger partial charge < -0.3 is 5.73 Å². The summed E-state index contributed by atoms with van der Waals surface area (Å²) in [7, 11) is 0. The summed E-state index contributed by atoms with van der Waals surface area (Å²) in [6.45, 7) is 0.923. The zero-order valence-electron chi connectivity index (χ0n) is 8.87. The first-order valence-corrected chi connectivity index (χ1v) is 7.99. The van der Waals surface area contributed by atoms with Crippen LogP contribution >= 0.6 is 35.3 Å². The van der Waals surface area contributed by atoms with Crippen LogP contribution < -0.4 is 5.73 Å². The number of aromatic nitrogens is 3. The molecule has 0 bridgehead atoms. The van der Waals surface area contributed by atoms with Crippen molar-refractivity contribution in [2.24, 2.45) is 15.8 Å². The van der Waals surface area contributed by atoms with Crippen molar-refractivity contribution in [2.45, 2.75) is 10.9 Å². The largest absolute Gasteiger partial charge is 0.385 e. The number of hydrogen-bond acceptors (Lipinski definition) is 8. The Morgan fingerprint density at radius 1 is 1.35 bits per heavy atom. The van der Waals surface area contributed by atoms with Gasteiger partial charge in [0.15, 0.2) is 5.82 Å². The predicted molar refractivity (Wildman–Crippen MR) is 73.8 cm³/mol. The second-order valence-electron chi connectivity index (χ2n) is 3.38. The Kier molecular flexibility index (Phi) is 3.30. The molecule has 3 heterocycles. The van der Waals surface area contributed by atoms with E-state index in [1.807, 2.05) is 0 Å². The summed E-state index contributed by atoms with van der Waals surface area (Å²) in [5.41, 5.74) is 5.71. The van der Waals surface area contributed by atoms with Crippen molar-refractivity contribution in [3.8, 4) is 0 Å². The molecule has 0 amide bonds. The van der Waals surface area contributed by atoms with Gasteiger partial charge in [0.25, 0.3) is 0 Å². The van der Waals surface area contributed by atoms with Crippen LogP contribution in [-0.2, 0) is 5.75 Å². The first-order chi connectivity index (χ1) is 8.33. The molecule has 2 N–H and O–H groups in total. The molecule has 2 aliphatic rings. The molecule has 0 aliphatic carbocycles. The molecule has 0 atom stereocenters. The second kappa shape index (κ2) is 4.91. The molecule has 0 spiro atoms. The lowest BCUT2D eigenvalue weighted by Gasteiger charge is -2.09. The van der Waals surface area contributed by atoms with Crippen molar-refractivity contribution < 1.29 is 0 Å². The maximum atomic E-state index is 5.71. The number of aliphatic imine (C=N–C) groups is 1. The van der Waals surface area contributed by atoms with Crippen LogP contribution in [0.15, 0.2) is 15.3 Å². The average Bonchev–Trinajstić information content (AvgIpc) is 2.94. The lowest BCUT2D eigenvalue weighted by Crippen LogP contribution is -2.21. The monoisotopic (exact) mass is 286 g/mol. The Morgan fingerprint density at radius 2 is 2.29 bits per heavy atom. The van der Waals surface area contributed by atoms with Crippen molar-refractivity contribution in [1.29, 1.82) is 0 Å². The predicted octanol–water partition coefficient (Wildman–Crippen LogP) is 0.840. The molecule has 1 aromatic heterocycles. The molecular weight excluding hydrogens is 276 g/mol. The number of nitrogens with zero attached hydrogens (tertiary/aromatic N) is 5. The number of fused-ring (bicyclic) bond motifs is 1. The quantitative estimate of drug-likeness (QED) is 0.867. The zero-order valence-corrected chi connectivity index (χ0v) is 11.3. The zero-order chi connectivity index (χ0) is 11.7. The maximum absolute atomic E-state index is 5.71. The highest BCUT2D eigenvalue weighted by atomic mass is 32.2. The third kappa shape index (κ3) is 2.45. The van der Waals surface area contributed by atoms with Gasteiger partial charge >= 0.3 is 0 Å². The van der Waals surface area contributed by atoms with Crippen molar-refractivity contribution in [3.05, 3.63) is 5.82 Å². The molecular formula is C8H10N6S3. The molecule has 0 fully saturated rings. The van der Waals surface area contributed by atoms with Gasteiger partial charge in [0.05, 0.1) is 18.1 Å². The van der Waals surface area contributed by atoms with Gasteiger partial charge in [-0.1, -0.05) is 35.3 Å². The van der Waals surface area contributed by atoms with E-state index in [1.54, 1.807) is 40.0 Å². The van der Waals surface area contributed by atoms with Crippen LogP contribution in [0.3, 0.4) is 0 Å². The topological polar surface area (TPSA) is 81.5 Å². The Morgan fingerprint density at radius 3 is 3.12 bits per heavy atom. The SMILES string of the molecule is NC1=Nn2c(CSC3=NCCS3)nnc2SC1. The summed E-state index contributed by atoms with van der Waals surface area (Å²) < 4.78 is 2.86. The van der Waals surface area contributed by atoms with E-state index in [9.17, 15) is 0 Å². The van der Waals surface area contributed by atoms with Gasteiger partial charge in [-0.2, -0.15) is 9.78 Å². The van der Waals surface area contributed by atoms with E-state index in [0.29, 0.717) is 11.6 Å². The molecule has 17 heavy (non-hydrogen) atoms. The number of hydrogen-bond donors (Lipinski definition) is 1. The van der Waals surface area contributed by atoms with Gasteiger partial charge in [-0.05, 0) is 0 Å². The van der Waals surface area contributed by atoms with E-state index in [-0.39, 0.29) is 0 Å². The highest BCUT2D eigenvalue weighted by Crippen LogP contribution is 2.27. The van der Waals surface area contributed by atoms with Crippen LogP contribution in [0, 0.1) is 0 Å². The third-order valence-corrected chi connectivity index (χ3v) is 5.34. The van der Waals surface area contributed by atoms with Gasteiger partial charge in [-0.25, -0.2) is 0 Å². The van der Waals surface area contributed by atoms with E-state index in [4.69, 9.17) is 5.73 Å². The fourth-order valence-electron chi connectivity index (χ4n) is 1.40. The van der Waals surface area contributed by atoms with E-state index < -0.39 is 0 Å². The molecule has 0 unspecified atom stereocenters. The van der Waals surface area contributed by atoms with E-state index in [2.05, 4.69) is 20.3 Å². The van der Waals surface area contributed by atoms with Gasteiger partial charge in [0.2, 0.25) is 5.16 Å². The normalized spacial score (nSPS) is 18.8. The van der Waals surface area contributed by atoms with E-state index in [1.165, 1.54) is 0 Å². The Hall–Kier alpha value is -0.670. The fourth-order valence-corrected chi connectivity index (χ4v) is 4.02. The summed E-state index contributed by atoms with van der Waals surface area (Å²) in [6.07, 6.45) is 0. The lowest BCUT2D eigenvalue weighted by molar-refractivity contribution is 0.729. The molecule has 0 saturated heterocycles. The average molecular weight is 286 g/mol. The highest BCUT2D eigenvalue weighted by Gasteiger charge is 2.18. The minimum atomic E-state index is 0.612. The molecule has 0 saturated carbocycles. The van der Waals surface area contributed by atoms with Crippen LogP contribution in [0.5, 0.6) is 0 Å². The van der Waals surface area contributed by atoms with E-state index >= 15 is 0 Å². The molecule has 2 aliphatic heterocycles. The second-order valence-corrected chi connectivity index (χ2v) is 6.62. The van der Waals surface area contributed by atoms with Gasteiger partial charge in [-0.15, -0.1) is 10.2 Å². The first kappa shape index (κ1) is 11.4. The van der Waals surface area contributed by atoms with E-state index in [0.717, 1.165) is 33.4 Å². The minimum absolute atomic E-state index is 0.612. The van der Waals surface area contributed by atoms with Crippen molar-refractivity contribution >= 4 is 45.5 Å². The molecule has 1 aromatic rings. The first-order valence-electron chi connectivity index (χ1n) is 5.03. The Balaban J connectivity index is 1.74. The van der Waals surface area contributed by atoms with Crippen molar-refractivity contribution in [1.82, 2.24) is 14.9 Å². The molecule has 0 radical (unpaired) electrons. The standard InChI is InChI=1S/C8H10N6S3/c9-5-3-16-7-12-11-6(14(7)13-5)4-17-8-10-1-2-15-8/h1-4H2,(H2,9,13). The minimum Gasteiger partial charge on any atom is -0.385 e. The van der Waals surface area contributed by atoms with Crippen molar-refractivity contribution in [3.63, 3.8) is 0 Å². The number of nitrogens with two attached hydrogens (primary N) is 1. The number of rotatable bonds is 2. The maximum Gasteiger partial charge on any atom is 0.212 e. The van der Waals surface area contributed by atoms with Crippen LogP contribution in [0.25, 0.3) is 0 Å². The fraction of sp³-hybridized carbons (Fsp3) is 0.500. The molecule has 3 rings (SSSR count). The summed E-state index contributed by atoms with van der Waals surface area (Å²) in [6, 6.07) is 0. The van der Waals surface area contributed by atoms with Crippen LogP contribution in [-0.4, -0.2) is 43.1 Å². The molecule has 90 valence electrons. The summed E-state index contributed by atoms with van der Waals surface area (Å²) in [4.78, 5) is 4.38. The van der Waals surface area contributed by atoms with Gasteiger partial charge in [0.1, 0.15) is 10.2 Å². The third-order valence-electron chi connectivity index (χ3n) is 2.14. The number of amidine groups is 1. The molecule has 6 nitrogen and oxygen atoms in total. The summed E-state index contributed by atoms with van der Waals surface area (Å²) in [5, 5.41) is 13.3.